The zero-order chi connectivity index (χ0) is 18.3. The van der Waals surface area contributed by atoms with Crippen LogP contribution in [-0.4, -0.2) is 53.6 Å². The van der Waals surface area contributed by atoms with E-state index in [2.05, 4.69) is 20.1 Å². The quantitative estimate of drug-likeness (QED) is 0.676. The predicted molar refractivity (Wildman–Crippen MR) is 91.8 cm³/mol. The number of amides is 1. The zero-order valence-corrected chi connectivity index (χ0v) is 14.3. The van der Waals surface area contributed by atoms with Crippen LogP contribution in [0, 0.1) is 6.92 Å². The van der Waals surface area contributed by atoms with Gasteiger partial charge < -0.3 is 15.0 Å². The van der Waals surface area contributed by atoms with Crippen molar-refractivity contribution in [3.05, 3.63) is 57.2 Å². The van der Waals surface area contributed by atoms with Crippen LogP contribution in [0.4, 0.5) is 0 Å². The lowest BCUT2D eigenvalue weighted by Crippen LogP contribution is -2.39. The third kappa shape index (κ3) is 2.76. The summed E-state index contributed by atoms with van der Waals surface area (Å²) < 4.78 is 1.54. The lowest BCUT2D eigenvalue weighted by molar-refractivity contribution is 0.0733. The van der Waals surface area contributed by atoms with E-state index in [4.69, 9.17) is 5.11 Å². The number of carbonyl (C=O) groups is 1. The summed E-state index contributed by atoms with van der Waals surface area (Å²) in [5, 5.41) is 13.2. The summed E-state index contributed by atoms with van der Waals surface area (Å²) in [7, 11) is 0. The van der Waals surface area contributed by atoms with Crippen molar-refractivity contribution in [1.82, 2.24) is 29.5 Å². The van der Waals surface area contributed by atoms with Crippen molar-refractivity contribution < 1.29 is 9.90 Å². The fourth-order valence-electron chi connectivity index (χ4n) is 3.23. The van der Waals surface area contributed by atoms with E-state index in [1.807, 2.05) is 0 Å². The Morgan fingerprint density at radius 1 is 1.38 bits per heavy atom. The van der Waals surface area contributed by atoms with E-state index in [-0.39, 0.29) is 18.1 Å². The molecule has 9 nitrogen and oxygen atoms in total. The molecule has 0 unspecified atom stereocenters. The number of aromatic amines is 1. The molecule has 4 heterocycles. The molecule has 2 N–H and O–H groups in total. The number of nitrogens with zero attached hydrogens (tertiary/aromatic N) is 5. The number of carbonyl (C=O) groups excluding carboxylic acids is 1. The molecule has 0 saturated carbocycles. The lowest BCUT2D eigenvalue weighted by Gasteiger charge is -2.27. The molecule has 1 aliphatic rings. The van der Waals surface area contributed by atoms with Crippen molar-refractivity contribution in [1.29, 1.82) is 0 Å². The van der Waals surface area contributed by atoms with E-state index >= 15 is 0 Å². The van der Waals surface area contributed by atoms with E-state index in [9.17, 15) is 9.59 Å². The van der Waals surface area contributed by atoms with Gasteiger partial charge in [-0.25, -0.2) is 14.5 Å². The number of rotatable bonds is 3. The average molecular weight is 354 g/mol. The Morgan fingerprint density at radius 3 is 3.04 bits per heavy atom. The van der Waals surface area contributed by atoms with Crippen molar-refractivity contribution >= 4 is 11.6 Å². The van der Waals surface area contributed by atoms with Gasteiger partial charge in [-0.2, -0.15) is 5.10 Å². The zero-order valence-electron chi connectivity index (χ0n) is 14.3. The van der Waals surface area contributed by atoms with Gasteiger partial charge in [0.2, 0.25) is 0 Å². The molecule has 0 bridgehead atoms. The van der Waals surface area contributed by atoms with Crippen molar-refractivity contribution in [3.63, 3.8) is 0 Å². The number of nitrogens with one attached hydrogen (secondary N) is 1. The standard InChI is InChI=1S/C17H18N6O3/c1-10-20-14-9-22(4-2-12(14)16(25)21-10)17(26)13-7-19-23-8-11(3-5-24)6-18-15(13)23/h6-8,24H,2-5,9H2,1H3,(H,20,21,25). The maximum atomic E-state index is 12.9. The van der Waals surface area contributed by atoms with E-state index in [1.54, 1.807) is 28.7 Å². The van der Waals surface area contributed by atoms with E-state index < -0.39 is 0 Å². The highest BCUT2D eigenvalue weighted by Gasteiger charge is 2.27. The van der Waals surface area contributed by atoms with E-state index in [0.29, 0.717) is 54.2 Å². The molecule has 0 aliphatic carbocycles. The highest BCUT2D eigenvalue weighted by Crippen LogP contribution is 2.18. The highest BCUT2D eigenvalue weighted by molar-refractivity contribution is 5.99. The SMILES string of the molecule is Cc1nc2c(c(=O)[nH]1)CCN(C(=O)c1cnn3cc(CCO)cnc13)C2. The van der Waals surface area contributed by atoms with E-state index in [1.165, 1.54) is 6.20 Å². The second kappa shape index (κ2) is 6.34. The van der Waals surface area contributed by atoms with Crippen LogP contribution in [0.15, 0.2) is 23.4 Å². The van der Waals surface area contributed by atoms with Gasteiger partial charge in [0.15, 0.2) is 5.65 Å². The summed E-state index contributed by atoms with van der Waals surface area (Å²) in [5.74, 6) is 0.352. The molecule has 26 heavy (non-hydrogen) atoms. The fourth-order valence-corrected chi connectivity index (χ4v) is 3.23. The molecule has 0 fully saturated rings. The molecule has 0 spiro atoms. The first-order valence-corrected chi connectivity index (χ1v) is 8.38. The van der Waals surface area contributed by atoms with Crippen molar-refractivity contribution in [2.75, 3.05) is 13.2 Å². The topological polar surface area (TPSA) is 116 Å². The van der Waals surface area contributed by atoms with Crippen molar-refractivity contribution in [2.45, 2.75) is 26.3 Å². The van der Waals surface area contributed by atoms with Crippen LogP contribution < -0.4 is 5.56 Å². The Hall–Kier alpha value is -3.07. The summed E-state index contributed by atoms with van der Waals surface area (Å²) in [6.45, 7) is 2.49. The van der Waals surface area contributed by atoms with Gasteiger partial charge in [0.05, 0.1) is 18.4 Å². The van der Waals surface area contributed by atoms with Gasteiger partial charge >= 0.3 is 0 Å². The number of aliphatic hydroxyl groups excluding tert-OH is 1. The number of fused-ring (bicyclic) bond motifs is 2. The van der Waals surface area contributed by atoms with Gasteiger partial charge in [-0.3, -0.25) is 9.59 Å². The summed E-state index contributed by atoms with van der Waals surface area (Å²) in [6, 6.07) is 0. The summed E-state index contributed by atoms with van der Waals surface area (Å²) in [4.78, 5) is 38.0. The first-order valence-electron chi connectivity index (χ1n) is 8.38. The minimum Gasteiger partial charge on any atom is -0.396 e. The molecule has 0 saturated heterocycles. The molecule has 134 valence electrons. The van der Waals surface area contributed by atoms with Crippen LogP contribution in [0.3, 0.4) is 0 Å². The van der Waals surface area contributed by atoms with Crippen molar-refractivity contribution in [2.24, 2.45) is 0 Å². The molecule has 3 aromatic heterocycles. The van der Waals surface area contributed by atoms with Crippen LogP contribution in [0.2, 0.25) is 0 Å². The van der Waals surface area contributed by atoms with Crippen LogP contribution in [0.1, 0.15) is 33.0 Å². The summed E-state index contributed by atoms with van der Waals surface area (Å²) in [6.07, 6.45) is 5.84. The first kappa shape index (κ1) is 16.4. The number of hydrogen-bond donors (Lipinski definition) is 2. The van der Waals surface area contributed by atoms with E-state index in [0.717, 1.165) is 5.56 Å². The smallest absolute Gasteiger partial charge is 0.259 e. The van der Waals surface area contributed by atoms with Crippen LogP contribution in [0.25, 0.3) is 5.65 Å². The second-order valence-electron chi connectivity index (χ2n) is 6.32. The van der Waals surface area contributed by atoms with Crippen LogP contribution in [0.5, 0.6) is 0 Å². The summed E-state index contributed by atoms with van der Waals surface area (Å²) in [5.41, 5.74) is 2.87. The molecule has 3 aromatic rings. The lowest BCUT2D eigenvalue weighted by atomic mass is 10.1. The second-order valence-corrected chi connectivity index (χ2v) is 6.32. The molecule has 0 radical (unpaired) electrons. The normalized spacial score (nSPS) is 13.8. The molecular weight excluding hydrogens is 336 g/mol. The average Bonchev–Trinajstić information content (AvgIpc) is 3.04. The Kier molecular flexibility index (Phi) is 4.00. The Balaban J connectivity index is 1.64. The number of aromatic nitrogens is 5. The molecule has 0 atom stereocenters. The largest absolute Gasteiger partial charge is 0.396 e. The molecule has 4 rings (SSSR count). The van der Waals surface area contributed by atoms with Gasteiger partial charge in [0.1, 0.15) is 11.4 Å². The number of aryl methyl sites for hydroxylation is 1. The number of H-pyrrole nitrogens is 1. The highest BCUT2D eigenvalue weighted by atomic mass is 16.3. The van der Waals surface area contributed by atoms with Crippen LogP contribution >= 0.6 is 0 Å². The molecule has 9 heteroatoms. The molecule has 1 amide bonds. The summed E-state index contributed by atoms with van der Waals surface area (Å²) >= 11 is 0. The minimum atomic E-state index is -0.187. The van der Waals surface area contributed by atoms with Crippen LogP contribution in [-0.2, 0) is 19.4 Å². The molecule has 0 aromatic carbocycles. The predicted octanol–water partition coefficient (Wildman–Crippen LogP) is -0.146. The Labute approximate surface area is 148 Å². The number of hydrogen-bond acceptors (Lipinski definition) is 6. The van der Waals surface area contributed by atoms with Gasteiger partial charge in [-0.15, -0.1) is 0 Å². The van der Waals surface area contributed by atoms with Gasteiger partial charge in [-0.05, 0) is 25.3 Å². The third-order valence-corrected chi connectivity index (χ3v) is 4.52. The monoisotopic (exact) mass is 354 g/mol. The maximum Gasteiger partial charge on any atom is 0.259 e. The fraction of sp³-hybridized carbons (Fsp3) is 0.353. The minimum absolute atomic E-state index is 0.0268. The van der Waals surface area contributed by atoms with Crippen molar-refractivity contribution in [3.8, 4) is 0 Å². The Bertz CT molecular complexity index is 1050. The molecular formula is C17H18N6O3. The third-order valence-electron chi connectivity index (χ3n) is 4.52. The Morgan fingerprint density at radius 2 is 2.23 bits per heavy atom. The maximum absolute atomic E-state index is 12.9. The first-order chi connectivity index (χ1) is 12.6. The van der Waals surface area contributed by atoms with Gasteiger partial charge in [0.25, 0.3) is 11.5 Å². The number of aliphatic hydroxyl groups is 1. The van der Waals surface area contributed by atoms with Gasteiger partial charge in [-0.1, -0.05) is 0 Å². The van der Waals surface area contributed by atoms with Gasteiger partial charge in [0, 0.05) is 31.1 Å². The molecule has 1 aliphatic heterocycles.